The fourth-order valence-electron chi connectivity index (χ4n) is 9.19. The van der Waals surface area contributed by atoms with Crippen LogP contribution in [0.1, 0.15) is 202 Å². The molecule has 0 aromatic heterocycles. The largest absolute Gasteiger partial charge is 0.487 e. The van der Waals surface area contributed by atoms with E-state index in [-0.39, 0.29) is 29.1 Å². The maximum Gasteiger partial charge on any atom is 0.311 e. The Morgan fingerprint density at radius 1 is 0.774 bits per heavy atom. The standard InChI is InChI=1S/C56H86O6/c1-41(2)21-17-22-42(3)23-18-24-43(4)27-20-35-56(11)37-32-48-40-49(39-46(7)54(48)62-56)60-52(58)28-15-13-12-14-16-29-53(59)61-51-33-36-55(9,10)50(47(51)8)31-30-44(5)25-19-26-45(6)34-38-57/h19,25-26,30-31,34,38-43,51H,12-18,20-24,27-29,32-33,35-37H2,1-11H3/b26-19+,31-30+,44-25+,45-34+/t42-,43-,51?,56-/m1/s1. The minimum Gasteiger partial charge on any atom is -0.487 e. The number of benzene rings is 1. The van der Waals surface area contributed by atoms with Crippen molar-refractivity contribution in [3.8, 4) is 11.5 Å². The molecule has 1 unspecified atom stereocenters. The van der Waals surface area contributed by atoms with Crippen LogP contribution in [0.5, 0.6) is 11.5 Å². The van der Waals surface area contributed by atoms with Gasteiger partial charge in [0.15, 0.2) is 0 Å². The molecular weight excluding hydrogens is 769 g/mol. The first kappa shape index (κ1) is 52.7. The molecule has 1 aliphatic carbocycles. The van der Waals surface area contributed by atoms with E-state index in [0.717, 1.165) is 122 Å². The minimum atomic E-state index is -0.199. The summed E-state index contributed by atoms with van der Waals surface area (Å²) < 4.78 is 18.5. The van der Waals surface area contributed by atoms with Crippen molar-refractivity contribution >= 4 is 18.2 Å². The molecule has 1 heterocycles. The van der Waals surface area contributed by atoms with E-state index in [1.165, 1.54) is 63.0 Å². The molecule has 3 rings (SSSR count). The van der Waals surface area contributed by atoms with Crippen LogP contribution >= 0.6 is 0 Å². The molecule has 0 radical (unpaired) electrons. The van der Waals surface area contributed by atoms with E-state index in [1.807, 2.05) is 37.3 Å². The Morgan fingerprint density at radius 2 is 1.39 bits per heavy atom. The third-order valence-corrected chi connectivity index (χ3v) is 13.4. The number of rotatable bonds is 27. The number of carbonyl (C=O) groups is 3. The Morgan fingerprint density at radius 3 is 2.05 bits per heavy atom. The van der Waals surface area contributed by atoms with Gasteiger partial charge in [-0.05, 0) is 155 Å². The Hall–Kier alpha value is -3.67. The molecule has 6 nitrogen and oxygen atoms in total. The van der Waals surface area contributed by atoms with Gasteiger partial charge in [0.05, 0.1) is 0 Å². The van der Waals surface area contributed by atoms with E-state index in [9.17, 15) is 14.4 Å². The second-order valence-electron chi connectivity index (χ2n) is 20.5. The van der Waals surface area contributed by atoms with E-state index in [2.05, 4.69) is 81.4 Å². The summed E-state index contributed by atoms with van der Waals surface area (Å²) in [6, 6.07) is 3.96. The molecule has 0 N–H and O–H groups in total. The number of allylic oxidation sites excluding steroid dienone is 9. The molecule has 0 amide bonds. The SMILES string of the molecule is CC1=C(/C=C/C(C)=C/C=C/C(C)=C/C=O)C(C)(C)CCC1OC(=O)CCCCCCCC(=O)Oc1cc(C)c2c(c1)CC[C@@](C)(CCC[C@H](C)CCC[C@H](C)CCCC(C)C)O2. The van der Waals surface area contributed by atoms with Crippen LogP contribution in [0.4, 0.5) is 0 Å². The molecule has 4 atom stereocenters. The first-order valence-corrected chi connectivity index (χ1v) is 24.5. The van der Waals surface area contributed by atoms with Crippen molar-refractivity contribution in [1.29, 1.82) is 0 Å². The zero-order valence-corrected chi connectivity index (χ0v) is 41.1. The van der Waals surface area contributed by atoms with Gasteiger partial charge in [-0.15, -0.1) is 0 Å². The van der Waals surface area contributed by atoms with E-state index in [0.29, 0.717) is 18.6 Å². The quantitative estimate of drug-likeness (QED) is 0.0219. The second kappa shape index (κ2) is 26.8. The molecule has 6 heteroatoms. The first-order chi connectivity index (χ1) is 29.4. The third kappa shape index (κ3) is 19.4. The lowest BCUT2D eigenvalue weighted by Crippen LogP contribution is -2.36. The molecule has 0 saturated carbocycles. The maximum atomic E-state index is 12.9. The topological polar surface area (TPSA) is 78.9 Å². The molecule has 0 fully saturated rings. The van der Waals surface area contributed by atoms with Gasteiger partial charge in [0.2, 0.25) is 0 Å². The lowest BCUT2D eigenvalue weighted by molar-refractivity contribution is -0.148. The monoisotopic (exact) mass is 855 g/mol. The predicted octanol–water partition coefficient (Wildman–Crippen LogP) is 15.4. The highest BCUT2D eigenvalue weighted by atomic mass is 16.5. The molecule has 1 aromatic carbocycles. The minimum absolute atomic E-state index is 0.00404. The molecule has 1 aliphatic heterocycles. The fourth-order valence-corrected chi connectivity index (χ4v) is 9.19. The number of esters is 2. The lowest BCUT2D eigenvalue weighted by atomic mass is 9.71. The smallest absolute Gasteiger partial charge is 0.311 e. The molecular formula is C56H86O6. The molecule has 2 aliphatic rings. The number of ether oxygens (including phenoxy) is 3. The van der Waals surface area contributed by atoms with Crippen LogP contribution in [0, 0.1) is 30.1 Å². The van der Waals surface area contributed by atoms with Crippen LogP contribution in [0.15, 0.2) is 70.9 Å². The highest BCUT2D eigenvalue weighted by molar-refractivity contribution is 5.72. The van der Waals surface area contributed by atoms with Crippen molar-refractivity contribution in [2.45, 2.75) is 216 Å². The summed E-state index contributed by atoms with van der Waals surface area (Å²) in [5, 5.41) is 0. The van der Waals surface area contributed by atoms with E-state index in [4.69, 9.17) is 14.2 Å². The number of hydrogen-bond donors (Lipinski definition) is 0. The molecule has 0 saturated heterocycles. The van der Waals surface area contributed by atoms with Gasteiger partial charge in [-0.25, -0.2) is 0 Å². The van der Waals surface area contributed by atoms with Crippen LogP contribution in [-0.4, -0.2) is 29.9 Å². The lowest BCUT2D eigenvalue weighted by Gasteiger charge is -2.37. The van der Waals surface area contributed by atoms with Gasteiger partial charge >= 0.3 is 11.9 Å². The second-order valence-corrected chi connectivity index (χ2v) is 20.5. The van der Waals surface area contributed by atoms with Crippen molar-refractivity contribution < 1.29 is 28.6 Å². The molecule has 0 bridgehead atoms. The number of aldehydes is 1. The van der Waals surface area contributed by atoms with Crippen LogP contribution in [0.3, 0.4) is 0 Å². The van der Waals surface area contributed by atoms with Crippen LogP contribution in [-0.2, 0) is 25.5 Å². The van der Waals surface area contributed by atoms with Crippen molar-refractivity contribution in [3.63, 3.8) is 0 Å². The zero-order chi connectivity index (χ0) is 45.7. The predicted molar refractivity (Wildman–Crippen MR) is 259 cm³/mol. The number of hydrogen-bond acceptors (Lipinski definition) is 6. The van der Waals surface area contributed by atoms with Crippen molar-refractivity contribution in [1.82, 2.24) is 0 Å². The van der Waals surface area contributed by atoms with Gasteiger partial charge in [-0.3, -0.25) is 14.4 Å². The average Bonchev–Trinajstić information content (AvgIpc) is 3.19. The van der Waals surface area contributed by atoms with Gasteiger partial charge < -0.3 is 14.2 Å². The molecule has 1 aromatic rings. The highest BCUT2D eigenvalue weighted by Crippen LogP contribution is 2.43. The van der Waals surface area contributed by atoms with E-state index in [1.54, 1.807) is 0 Å². The van der Waals surface area contributed by atoms with Crippen LogP contribution < -0.4 is 9.47 Å². The Labute approximate surface area is 378 Å². The fraction of sp³-hybridized carbons (Fsp3) is 0.661. The van der Waals surface area contributed by atoms with E-state index >= 15 is 0 Å². The Kier molecular flexibility index (Phi) is 22.8. The highest BCUT2D eigenvalue weighted by Gasteiger charge is 2.34. The van der Waals surface area contributed by atoms with Gasteiger partial charge in [-0.1, -0.05) is 142 Å². The number of fused-ring (bicyclic) bond motifs is 1. The van der Waals surface area contributed by atoms with Crippen LogP contribution in [0.2, 0.25) is 0 Å². The van der Waals surface area contributed by atoms with E-state index < -0.39 is 0 Å². The van der Waals surface area contributed by atoms with Gasteiger partial charge in [0.25, 0.3) is 0 Å². The molecule has 62 heavy (non-hydrogen) atoms. The number of aryl methyl sites for hydroxylation is 2. The zero-order valence-electron chi connectivity index (χ0n) is 41.1. The summed E-state index contributed by atoms with van der Waals surface area (Å²) in [7, 11) is 0. The average molecular weight is 855 g/mol. The number of carbonyl (C=O) groups excluding carboxylic acids is 3. The summed E-state index contributed by atoms with van der Waals surface area (Å²) >= 11 is 0. The normalized spacial score (nSPS) is 20.4. The van der Waals surface area contributed by atoms with Crippen molar-refractivity contribution in [3.05, 3.63) is 82.0 Å². The van der Waals surface area contributed by atoms with Gasteiger partial charge in [0, 0.05) is 12.8 Å². The molecule has 0 spiro atoms. The summed E-state index contributed by atoms with van der Waals surface area (Å²) in [5.41, 5.74) is 6.36. The van der Waals surface area contributed by atoms with Crippen molar-refractivity contribution in [2.24, 2.45) is 23.2 Å². The van der Waals surface area contributed by atoms with Gasteiger partial charge in [-0.2, -0.15) is 0 Å². The van der Waals surface area contributed by atoms with Gasteiger partial charge in [0.1, 0.15) is 29.5 Å². The third-order valence-electron chi connectivity index (χ3n) is 13.4. The summed E-state index contributed by atoms with van der Waals surface area (Å²) in [4.78, 5) is 36.3. The summed E-state index contributed by atoms with van der Waals surface area (Å²) in [5.74, 6) is 3.68. The molecule has 346 valence electrons. The maximum absolute atomic E-state index is 12.9. The summed E-state index contributed by atoms with van der Waals surface area (Å²) in [6.07, 6.45) is 32.8. The number of unbranched alkanes of at least 4 members (excludes halogenated alkanes) is 4. The van der Waals surface area contributed by atoms with Crippen molar-refractivity contribution in [2.75, 3.05) is 0 Å². The Balaban J connectivity index is 1.33. The summed E-state index contributed by atoms with van der Waals surface area (Å²) in [6.45, 7) is 24.4. The first-order valence-electron chi connectivity index (χ1n) is 24.5. The Bertz CT molecular complexity index is 1740. The van der Waals surface area contributed by atoms with Crippen LogP contribution in [0.25, 0.3) is 0 Å².